The first-order valence-corrected chi connectivity index (χ1v) is 7.54. The number of nitrogens with zero attached hydrogens (tertiary/aromatic N) is 2. The van der Waals surface area contributed by atoms with Gasteiger partial charge in [-0.1, -0.05) is 45.4 Å². The maximum Gasteiger partial charge on any atom is 0.150 e. The molecule has 3 nitrogen and oxygen atoms in total. The summed E-state index contributed by atoms with van der Waals surface area (Å²) in [4.78, 5) is 0. The van der Waals surface area contributed by atoms with Crippen molar-refractivity contribution in [2.75, 3.05) is 0 Å². The van der Waals surface area contributed by atoms with Crippen molar-refractivity contribution in [1.29, 1.82) is 0 Å². The molecule has 0 atom stereocenters. The second-order valence-electron chi connectivity index (χ2n) is 5.73. The molecule has 1 aromatic carbocycles. The summed E-state index contributed by atoms with van der Waals surface area (Å²) in [6.45, 7) is 9.03. The number of halogens is 2. The molecule has 1 heterocycles. The fourth-order valence-electron chi connectivity index (χ4n) is 2.33. The Morgan fingerprint density at radius 2 is 2.00 bits per heavy atom. The second kappa shape index (κ2) is 6.58. The lowest BCUT2D eigenvalue weighted by Gasteiger charge is -2.15. The third kappa shape index (κ3) is 3.44. The second-order valence-corrected chi connectivity index (χ2v) is 6.13. The van der Waals surface area contributed by atoms with Crippen LogP contribution in [-0.2, 0) is 6.54 Å². The summed E-state index contributed by atoms with van der Waals surface area (Å²) in [5.74, 6) is -0.150. The average Bonchev–Trinajstić information content (AvgIpc) is 2.80. The van der Waals surface area contributed by atoms with E-state index in [2.05, 4.69) is 38.1 Å². The normalized spacial score (nSPS) is 11.6. The van der Waals surface area contributed by atoms with Gasteiger partial charge in [-0.2, -0.15) is 5.10 Å². The molecule has 0 aliphatic heterocycles. The van der Waals surface area contributed by atoms with Gasteiger partial charge in [0.1, 0.15) is 11.5 Å². The van der Waals surface area contributed by atoms with Crippen molar-refractivity contribution >= 4 is 11.6 Å². The lowest BCUT2D eigenvalue weighted by molar-refractivity contribution is 0.579. The van der Waals surface area contributed by atoms with Crippen LogP contribution in [0, 0.1) is 5.82 Å². The Morgan fingerprint density at radius 3 is 2.57 bits per heavy atom. The van der Waals surface area contributed by atoms with Crippen molar-refractivity contribution in [2.24, 2.45) is 0 Å². The van der Waals surface area contributed by atoms with E-state index in [4.69, 9.17) is 11.6 Å². The SMILES string of the molecule is CC(C)NCc1cnn(-c2c(F)cccc2Cl)c1C(C)C. The zero-order valence-electron chi connectivity index (χ0n) is 12.8. The molecule has 0 saturated carbocycles. The maximum absolute atomic E-state index is 14.1. The van der Waals surface area contributed by atoms with Crippen LogP contribution in [0.5, 0.6) is 0 Å². The molecule has 0 aliphatic carbocycles. The van der Waals surface area contributed by atoms with E-state index in [0.29, 0.717) is 23.3 Å². The van der Waals surface area contributed by atoms with Crippen LogP contribution in [0.4, 0.5) is 4.39 Å². The number of rotatable bonds is 5. The molecule has 0 saturated heterocycles. The van der Waals surface area contributed by atoms with Gasteiger partial charge in [-0.25, -0.2) is 9.07 Å². The largest absolute Gasteiger partial charge is 0.310 e. The lowest BCUT2D eigenvalue weighted by atomic mass is 10.1. The molecular formula is C16H21ClFN3. The minimum Gasteiger partial charge on any atom is -0.310 e. The van der Waals surface area contributed by atoms with E-state index in [-0.39, 0.29) is 11.7 Å². The molecule has 1 aromatic heterocycles. The van der Waals surface area contributed by atoms with E-state index >= 15 is 0 Å². The molecule has 0 aliphatic rings. The summed E-state index contributed by atoms with van der Waals surface area (Å²) < 4.78 is 15.8. The van der Waals surface area contributed by atoms with Crippen LogP contribution in [0.2, 0.25) is 5.02 Å². The number of hydrogen-bond acceptors (Lipinski definition) is 2. The van der Waals surface area contributed by atoms with Gasteiger partial charge in [-0.15, -0.1) is 0 Å². The number of para-hydroxylation sites is 1. The van der Waals surface area contributed by atoms with Crippen LogP contribution in [0.1, 0.15) is 44.9 Å². The lowest BCUT2D eigenvalue weighted by Crippen LogP contribution is -2.22. The van der Waals surface area contributed by atoms with Crippen LogP contribution in [0.15, 0.2) is 24.4 Å². The molecule has 0 radical (unpaired) electrons. The number of nitrogens with one attached hydrogen (secondary N) is 1. The van der Waals surface area contributed by atoms with Gasteiger partial charge < -0.3 is 5.32 Å². The predicted molar refractivity (Wildman–Crippen MR) is 84.6 cm³/mol. The Bertz CT molecular complexity index is 600. The van der Waals surface area contributed by atoms with Gasteiger partial charge in [-0.05, 0) is 18.1 Å². The summed E-state index contributed by atoms with van der Waals surface area (Å²) in [6.07, 6.45) is 1.79. The molecule has 0 fully saturated rings. The molecular weight excluding hydrogens is 289 g/mol. The first-order chi connectivity index (χ1) is 9.91. The first kappa shape index (κ1) is 16.0. The predicted octanol–water partition coefficient (Wildman–Crippen LogP) is 4.29. The van der Waals surface area contributed by atoms with Crippen molar-refractivity contribution in [3.8, 4) is 5.69 Å². The number of aromatic nitrogens is 2. The van der Waals surface area contributed by atoms with Crippen molar-refractivity contribution < 1.29 is 4.39 Å². The van der Waals surface area contributed by atoms with Crippen LogP contribution >= 0.6 is 11.6 Å². The number of benzene rings is 1. The van der Waals surface area contributed by atoms with E-state index in [9.17, 15) is 4.39 Å². The molecule has 114 valence electrons. The van der Waals surface area contributed by atoms with Crippen molar-refractivity contribution in [3.63, 3.8) is 0 Å². The Morgan fingerprint density at radius 1 is 1.29 bits per heavy atom. The fourth-order valence-corrected chi connectivity index (χ4v) is 2.57. The van der Waals surface area contributed by atoms with Crippen LogP contribution in [0.3, 0.4) is 0 Å². The smallest absolute Gasteiger partial charge is 0.150 e. The van der Waals surface area contributed by atoms with E-state index in [1.807, 2.05) is 0 Å². The highest BCUT2D eigenvalue weighted by molar-refractivity contribution is 6.32. The molecule has 0 spiro atoms. The highest BCUT2D eigenvalue weighted by Gasteiger charge is 2.19. The molecule has 0 bridgehead atoms. The van der Waals surface area contributed by atoms with Crippen molar-refractivity contribution in [3.05, 3.63) is 46.5 Å². The average molecular weight is 310 g/mol. The Balaban J connectivity index is 2.50. The minimum absolute atomic E-state index is 0.215. The van der Waals surface area contributed by atoms with Crippen molar-refractivity contribution in [2.45, 2.75) is 46.2 Å². The summed E-state index contributed by atoms with van der Waals surface area (Å²) in [6, 6.07) is 5.06. The van der Waals surface area contributed by atoms with Gasteiger partial charge in [0.25, 0.3) is 0 Å². The first-order valence-electron chi connectivity index (χ1n) is 7.16. The summed E-state index contributed by atoms with van der Waals surface area (Å²) >= 11 is 6.16. The van der Waals surface area contributed by atoms with Crippen LogP contribution < -0.4 is 5.32 Å². The van der Waals surface area contributed by atoms with Gasteiger partial charge >= 0.3 is 0 Å². The highest BCUT2D eigenvalue weighted by Crippen LogP contribution is 2.29. The van der Waals surface area contributed by atoms with E-state index in [1.54, 1.807) is 23.0 Å². The molecule has 1 N–H and O–H groups in total. The fraction of sp³-hybridized carbons (Fsp3) is 0.438. The Kier molecular flexibility index (Phi) is 5.01. The van der Waals surface area contributed by atoms with Gasteiger partial charge in [0, 0.05) is 18.2 Å². The number of hydrogen-bond donors (Lipinski definition) is 1. The summed E-state index contributed by atoms with van der Waals surface area (Å²) in [7, 11) is 0. The zero-order chi connectivity index (χ0) is 15.6. The van der Waals surface area contributed by atoms with Gasteiger partial charge in [0.2, 0.25) is 0 Å². The Labute approximate surface area is 130 Å². The minimum atomic E-state index is -0.365. The monoisotopic (exact) mass is 309 g/mol. The topological polar surface area (TPSA) is 29.9 Å². The third-order valence-corrected chi connectivity index (χ3v) is 3.59. The van der Waals surface area contributed by atoms with Crippen LogP contribution in [0.25, 0.3) is 5.69 Å². The quantitative estimate of drug-likeness (QED) is 0.893. The summed E-state index contributed by atoms with van der Waals surface area (Å²) in [5, 5.41) is 8.09. The van der Waals surface area contributed by atoms with E-state index < -0.39 is 0 Å². The summed E-state index contributed by atoms with van der Waals surface area (Å²) in [5.41, 5.74) is 2.37. The molecule has 0 amide bonds. The Hall–Kier alpha value is -1.39. The van der Waals surface area contributed by atoms with Crippen LogP contribution in [-0.4, -0.2) is 15.8 Å². The standard InChI is InChI=1S/C16H21ClFN3/c1-10(2)15-12(8-19-11(3)4)9-20-21(15)16-13(17)6-5-7-14(16)18/h5-7,9-11,19H,8H2,1-4H3. The maximum atomic E-state index is 14.1. The van der Waals surface area contributed by atoms with Crippen molar-refractivity contribution in [1.82, 2.24) is 15.1 Å². The molecule has 2 rings (SSSR count). The van der Waals surface area contributed by atoms with Gasteiger partial charge in [0.15, 0.2) is 0 Å². The van der Waals surface area contributed by atoms with E-state index in [1.165, 1.54) is 6.07 Å². The van der Waals surface area contributed by atoms with Gasteiger partial charge in [-0.3, -0.25) is 0 Å². The highest BCUT2D eigenvalue weighted by atomic mass is 35.5. The molecule has 0 unspecified atom stereocenters. The van der Waals surface area contributed by atoms with E-state index in [0.717, 1.165) is 11.3 Å². The third-order valence-electron chi connectivity index (χ3n) is 3.28. The van der Waals surface area contributed by atoms with Gasteiger partial charge in [0.05, 0.1) is 16.9 Å². The molecule has 2 aromatic rings. The zero-order valence-corrected chi connectivity index (χ0v) is 13.6. The molecule has 21 heavy (non-hydrogen) atoms. The molecule has 5 heteroatoms.